The first-order chi connectivity index (χ1) is 31.2. The maximum absolute atomic E-state index is 15.9. The number of ketones is 3. The summed E-state index contributed by atoms with van der Waals surface area (Å²) in [5, 5.41) is -0.967. The highest BCUT2D eigenvalue weighted by atomic mass is 28.4. The molecule has 0 bridgehead atoms. The Morgan fingerprint density at radius 2 is 1.11 bits per heavy atom. The summed E-state index contributed by atoms with van der Waals surface area (Å²) in [6.45, 7) is 57.8. The molecule has 0 amide bonds. The first kappa shape index (κ1) is 66.4. The van der Waals surface area contributed by atoms with Crippen LogP contribution in [0.2, 0.25) is 72.5 Å². The van der Waals surface area contributed by atoms with Crippen LogP contribution in [0.1, 0.15) is 145 Å². The van der Waals surface area contributed by atoms with Crippen molar-refractivity contribution < 1.29 is 46.4 Å². The van der Waals surface area contributed by atoms with E-state index in [1.54, 1.807) is 6.92 Å². The topological polar surface area (TPSA) is 124 Å². The Labute approximate surface area is 433 Å². The predicted octanol–water partition coefficient (Wildman–Crippen LogP) is 14.5. The molecule has 0 N–H and O–H groups in total. The molecule has 70 heavy (non-hydrogen) atoms. The van der Waals surface area contributed by atoms with Gasteiger partial charge in [-0.1, -0.05) is 142 Å². The van der Waals surface area contributed by atoms with Crippen LogP contribution in [-0.2, 0) is 46.4 Å². The SMILES string of the molecule is C/C=C\[C@H](C)/C=C(\C)[C@H](O[Si](C)(C)C(C)(C)C)C1COC(=O)[C@H](O[Si](C)(C)C(C)(C)C)C(OC)[C@H](C)C(=O)[C@H](C)C(O[Si](C)(C)C(C)(C)C)/C(C)=C/[C@H](C)C(=O)C[C@H](O[Si](C)(C)C(C)(C)C)[C@H](C)C1=O. The van der Waals surface area contributed by atoms with Gasteiger partial charge >= 0.3 is 5.97 Å². The third-order valence-electron chi connectivity index (χ3n) is 17.1. The molecule has 0 spiro atoms. The van der Waals surface area contributed by atoms with E-state index in [-0.39, 0.29) is 56.4 Å². The molecule has 0 saturated heterocycles. The van der Waals surface area contributed by atoms with Gasteiger partial charge in [0.2, 0.25) is 0 Å². The Hall–Kier alpha value is -1.63. The van der Waals surface area contributed by atoms with Gasteiger partial charge < -0.3 is 27.2 Å². The maximum Gasteiger partial charge on any atom is 0.336 e. The second kappa shape index (κ2) is 24.8. The summed E-state index contributed by atoms with van der Waals surface area (Å²) in [5.74, 6) is -5.08. The average Bonchev–Trinajstić information content (AvgIpc) is 3.18. The predicted molar refractivity (Wildman–Crippen MR) is 301 cm³/mol. The Morgan fingerprint density at radius 3 is 1.54 bits per heavy atom. The van der Waals surface area contributed by atoms with E-state index >= 15 is 14.4 Å². The Balaban J connectivity index is 4.67. The molecule has 0 aromatic heterocycles. The number of ether oxygens (including phenoxy) is 2. The van der Waals surface area contributed by atoms with Crippen molar-refractivity contribution in [3.05, 3.63) is 35.5 Å². The minimum absolute atomic E-state index is 0.0188. The number of carbonyl (C=O) groups excluding carboxylic acids is 4. The smallest absolute Gasteiger partial charge is 0.336 e. The monoisotopic (exact) mass is 1050 g/mol. The van der Waals surface area contributed by atoms with Crippen molar-refractivity contribution in [3.8, 4) is 0 Å². The summed E-state index contributed by atoms with van der Waals surface area (Å²) >= 11 is 0. The molecule has 14 heteroatoms. The van der Waals surface area contributed by atoms with Crippen LogP contribution in [-0.4, -0.2) is 101 Å². The lowest BCUT2D eigenvalue weighted by molar-refractivity contribution is -0.166. The van der Waals surface area contributed by atoms with Crippen molar-refractivity contribution >= 4 is 56.6 Å². The first-order valence-corrected chi connectivity index (χ1v) is 37.9. The molecule has 0 saturated carbocycles. The first-order valence-electron chi connectivity index (χ1n) is 26.2. The minimum atomic E-state index is -2.76. The third kappa shape index (κ3) is 17.2. The molecule has 1 aliphatic rings. The van der Waals surface area contributed by atoms with Crippen LogP contribution in [0.3, 0.4) is 0 Å². The number of hydrogen-bond donors (Lipinski definition) is 0. The zero-order chi connectivity index (χ0) is 55.3. The van der Waals surface area contributed by atoms with E-state index in [4.69, 9.17) is 27.2 Å². The summed E-state index contributed by atoms with van der Waals surface area (Å²) in [6, 6.07) is 0. The lowest BCUT2D eigenvalue weighted by Crippen LogP contribution is -2.55. The number of rotatable bonds is 13. The van der Waals surface area contributed by atoms with E-state index < -0.39 is 99.3 Å². The van der Waals surface area contributed by atoms with Crippen LogP contribution in [0.4, 0.5) is 0 Å². The molecule has 0 aromatic carbocycles. The van der Waals surface area contributed by atoms with Gasteiger partial charge in [0.1, 0.15) is 30.1 Å². The van der Waals surface area contributed by atoms with Crippen LogP contribution in [0.15, 0.2) is 35.5 Å². The molecule has 0 aromatic rings. The molecule has 1 aliphatic heterocycles. The molecule has 11 atom stereocenters. The van der Waals surface area contributed by atoms with Gasteiger partial charge in [0, 0.05) is 37.2 Å². The van der Waals surface area contributed by atoms with Crippen LogP contribution in [0, 0.1) is 35.5 Å². The number of allylic oxidation sites excluding steroid dienone is 4. The lowest BCUT2D eigenvalue weighted by Gasteiger charge is -2.44. The van der Waals surface area contributed by atoms with Gasteiger partial charge in [-0.25, -0.2) is 4.79 Å². The number of carbonyl (C=O) groups is 4. The highest BCUT2D eigenvalue weighted by molar-refractivity contribution is 6.75. The van der Waals surface area contributed by atoms with E-state index in [0.29, 0.717) is 0 Å². The summed E-state index contributed by atoms with van der Waals surface area (Å²) in [6.07, 6.45) is 3.53. The number of hydrogen-bond acceptors (Lipinski definition) is 10. The molecule has 3 unspecified atom stereocenters. The summed E-state index contributed by atoms with van der Waals surface area (Å²) < 4.78 is 41.4. The molecule has 1 rings (SSSR count). The van der Waals surface area contributed by atoms with Gasteiger partial charge in [-0.3, -0.25) is 14.4 Å². The van der Waals surface area contributed by atoms with Gasteiger partial charge in [-0.05, 0) is 110 Å². The number of esters is 1. The molecular weight excluding hydrogens is 945 g/mol. The Morgan fingerprint density at radius 1 is 0.671 bits per heavy atom. The second-order valence-corrected chi connectivity index (χ2v) is 46.1. The highest BCUT2D eigenvalue weighted by Gasteiger charge is 2.51. The van der Waals surface area contributed by atoms with Crippen molar-refractivity contribution in [2.24, 2.45) is 35.5 Å². The van der Waals surface area contributed by atoms with Crippen molar-refractivity contribution in [2.75, 3.05) is 13.7 Å². The average molecular weight is 1050 g/mol. The number of cyclic esters (lactones) is 1. The maximum atomic E-state index is 15.9. The number of methoxy groups -OCH3 is 1. The van der Waals surface area contributed by atoms with E-state index in [9.17, 15) is 4.79 Å². The minimum Gasteiger partial charge on any atom is -0.463 e. The van der Waals surface area contributed by atoms with Crippen molar-refractivity contribution in [1.29, 1.82) is 0 Å². The van der Waals surface area contributed by atoms with E-state index in [0.717, 1.165) is 11.1 Å². The summed E-state index contributed by atoms with van der Waals surface area (Å²) in [4.78, 5) is 61.1. The molecule has 406 valence electrons. The fourth-order valence-corrected chi connectivity index (χ4v) is 13.3. The van der Waals surface area contributed by atoms with E-state index in [1.807, 2.05) is 53.7 Å². The Kier molecular flexibility index (Phi) is 23.5. The summed E-state index contributed by atoms with van der Waals surface area (Å²) in [7, 11) is -9.00. The van der Waals surface area contributed by atoms with Crippen LogP contribution >= 0.6 is 0 Å². The lowest BCUT2D eigenvalue weighted by atomic mass is 9.81. The van der Waals surface area contributed by atoms with Crippen molar-refractivity contribution in [3.63, 3.8) is 0 Å². The van der Waals surface area contributed by atoms with Gasteiger partial charge in [0.25, 0.3) is 0 Å². The third-order valence-corrected chi connectivity index (χ3v) is 34.9. The zero-order valence-corrected chi connectivity index (χ0v) is 54.2. The van der Waals surface area contributed by atoms with Gasteiger partial charge in [0.15, 0.2) is 39.4 Å². The van der Waals surface area contributed by atoms with E-state index in [1.165, 1.54) is 7.11 Å². The molecular formula is C56H106O10Si4. The standard InChI is InChI=1S/C56H106O10Si4/c1-30-31-36(2)32-38(4)49(65-69(26,27)55(15,16)17)43-35-62-52(60)51(66-70(28,29)56(18,19)20)50(61-21)42(8)46(58)41(7)48(64-68(24,25)54(12,13)14)39(5)33-37(3)44(57)34-45(40(6)47(43)59)63-67(22,23)53(9,10)11/h30-33,36-37,40-43,45,48-51H,34-35H2,1-29H3/b31-30-,38-32+,39-33+/t36-,37-,40-,41-,42+,43?,45-,48?,49-,50?,51+/m0/s1. The van der Waals surface area contributed by atoms with Gasteiger partial charge in [-0.15, -0.1) is 0 Å². The zero-order valence-electron chi connectivity index (χ0n) is 50.2. The molecule has 1 heterocycles. The quantitative estimate of drug-likeness (QED) is 0.100. The summed E-state index contributed by atoms with van der Waals surface area (Å²) in [5.41, 5.74) is 1.62. The van der Waals surface area contributed by atoms with Crippen LogP contribution in [0.5, 0.6) is 0 Å². The Bertz CT molecular complexity index is 1870. The van der Waals surface area contributed by atoms with Crippen LogP contribution < -0.4 is 0 Å². The fraction of sp³-hybridized carbons (Fsp3) is 0.821. The van der Waals surface area contributed by atoms with Gasteiger partial charge in [-0.2, -0.15) is 0 Å². The molecule has 0 fully saturated rings. The highest BCUT2D eigenvalue weighted by Crippen LogP contribution is 2.44. The largest absolute Gasteiger partial charge is 0.463 e. The molecule has 0 radical (unpaired) electrons. The van der Waals surface area contributed by atoms with E-state index in [2.05, 4.69) is 155 Å². The normalized spacial score (nSPS) is 28.8. The molecule has 0 aliphatic carbocycles. The van der Waals surface area contributed by atoms with Gasteiger partial charge in [0.05, 0.1) is 24.2 Å². The molecule has 10 nitrogen and oxygen atoms in total. The number of Topliss-reactive ketones (excluding diaryl/α,β-unsaturated/α-hetero) is 3. The van der Waals surface area contributed by atoms with Crippen molar-refractivity contribution in [1.82, 2.24) is 0 Å². The fourth-order valence-electron chi connectivity index (χ4n) is 7.93. The second-order valence-electron chi connectivity index (χ2n) is 27.1. The van der Waals surface area contributed by atoms with Crippen molar-refractivity contribution in [2.45, 2.75) is 248 Å². The van der Waals surface area contributed by atoms with Crippen LogP contribution in [0.25, 0.3) is 0 Å².